The van der Waals surface area contributed by atoms with Gasteiger partial charge in [0.05, 0.1) is 11.1 Å². The second-order valence-corrected chi connectivity index (χ2v) is 11.3. The molecule has 0 bridgehead atoms. The van der Waals surface area contributed by atoms with Crippen LogP contribution in [-0.4, -0.2) is 85.9 Å². The average Bonchev–Trinajstić information content (AvgIpc) is 3.56. The quantitative estimate of drug-likeness (QED) is 0.694. The molecule has 2 aliphatic heterocycles. The second-order valence-electron chi connectivity index (χ2n) is 11.3. The lowest BCUT2D eigenvalue weighted by Gasteiger charge is -2.36. The third-order valence-electron chi connectivity index (χ3n) is 9.51. The Hall–Kier alpha value is -2.24. The van der Waals surface area contributed by atoms with Gasteiger partial charge in [-0.05, 0) is 55.1 Å². The van der Waals surface area contributed by atoms with E-state index in [1.807, 2.05) is 0 Å². The molecular weight excluding hydrogens is 408 g/mol. The number of likely N-dealkylation sites (N-methyl/N-ethyl adjacent to an activating group) is 4. The first kappa shape index (κ1) is 21.3. The summed E-state index contributed by atoms with van der Waals surface area (Å²) in [6.45, 7) is 4.26. The monoisotopic (exact) mass is 448 g/mol. The van der Waals surface area contributed by atoms with Crippen LogP contribution in [0.5, 0.6) is 0 Å². The Balaban J connectivity index is 1.57. The van der Waals surface area contributed by atoms with Gasteiger partial charge in [-0.15, -0.1) is 0 Å². The van der Waals surface area contributed by atoms with E-state index < -0.39 is 0 Å². The largest absolute Gasteiger partial charge is 0.344 e. The molecule has 6 heteroatoms. The molecule has 4 fully saturated rings. The Labute approximate surface area is 199 Å². The van der Waals surface area contributed by atoms with Gasteiger partial charge in [0, 0.05) is 54.4 Å². The first-order chi connectivity index (χ1) is 15.9. The molecular formula is C27H40N6. The smallest absolute Gasteiger partial charge is 0.197 e. The van der Waals surface area contributed by atoms with Crippen LogP contribution < -0.4 is 0 Å². The highest BCUT2D eigenvalue weighted by molar-refractivity contribution is 5.83. The summed E-state index contributed by atoms with van der Waals surface area (Å²) < 4.78 is 0. The molecule has 6 rings (SSSR count). The standard InChI is InChI=1S/C27H40N6/c1-30-15-16-31(2)24(30)28-26-13-7-9-20(26)19-21-10-8-14-27(21,23-12-6-5-11-22(23)26)29-25-32(3)17-18-33(25)4/h5-6,11-12,20-21H,7-10,13-19H2,1-4H3/t20-,21+,26-,27+. The summed E-state index contributed by atoms with van der Waals surface area (Å²) in [7, 11) is 8.83. The first-order valence-corrected chi connectivity index (χ1v) is 13.1. The summed E-state index contributed by atoms with van der Waals surface area (Å²) in [4.78, 5) is 20.9. The number of benzene rings is 1. The molecule has 0 N–H and O–H groups in total. The number of guanidine groups is 2. The summed E-state index contributed by atoms with van der Waals surface area (Å²) in [5, 5.41) is 0. The van der Waals surface area contributed by atoms with E-state index in [4.69, 9.17) is 9.98 Å². The molecule has 0 spiro atoms. The third kappa shape index (κ3) is 3.05. The van der Waals surface area contributed by atoms with E-state index in [0.29, 0.717) is 11.8 Å². The fraction of sp³-hybridized carbons (Fsp3) is 0.704. The summed E-state index contributed by atoms with van der Waals surface area (Å²) in [5.74, 6) is 3.58. The number of fused-ring (bicyclic) bond motifs is 5. The van der Waals surface area contributed by atoms with Crippen LogP contribution in [0.15, 0.2) is 34.3 Å². The lowest BCUT2D eigenvalue weighted by molar-refractivity contribution is 0.235. The minimum absolute atomic E-state index is 0.107. The van der Waals surface area contributed by atoms with E-state index in [1.54, 1.807) is 0 Å². The van der Waals surface area contributed by atoms with Crippen LogP contribution in [0.2, 0.25) is 0 Å². The summed E-state index contributed by atoms with van der Waals surface area (Å²) in [5.41, 5.74) is 2.74. The molecule has 0 radical (unpaired) electrons. The molecule has 1 aromatic carbocycles. The van der Waals surface area contributed by atoms with Gasteiger partial charge in [-0.3, -0.25) is 0 Å². The molecule has 0 amide bonds. The maximum absolute atomic E-state index is 5.71. The van der Waals surface area contributed by atoms with Gasteiger partial charge in [0.25, 0.3) is 0 Å². The molecule has 33 heavy (non-hydrogen) atoms. The highest BCUT2D eigenvalue weighted by Crippen LogP contribution is 2.61. The minimum Gasteiger partial charge on any atom is -0.344 e. The van der Waals surface area contributed by atoms with Gasteiger partial charge in [-0.25, -0.2) is 9.98 Å². The Morgan fingerprint density at radius 1 is 0.667 bits per heavy atom. The zero-order valence-electron chi connectivity index (χ0n) is 20.9. The molecule has 4 atom stereocenters. The van der Waals surface area contributed by atoms with Crippen LogP contribution in [-0.2, 0) is 11.1 Å². The Bertz CT molecular complexity index is 886. The molecule has 1 aromatic rings. The Morgan fingerprint density at radius 2 is 1.06 bits per heavy atom. The van der Waals surface area contributed by atoms with Crippen molar-refractivity contribution in [3.05, 3.63) is 35.4 Å². The van der Waals surface area contributed by atoms with Crippen molar-refractivity contribution >= 4 is 11.9 Å². The zero-order chi connectivity index (χ0) is 22.8. The van der Waals surface area contributed by atoms with Crippen LogP contribution >= 0.6 is 0 Å². The van der Waals surface area contributed by atoms with Crippen molar-refractivity contribution in [1.82, 2.24) is 19.6 Å². The molecule has 6 nitrogen and oxygen atoms in total. The topological polar surface area (TPSA) is 37.7 Å². The number of nitrogens with zero attached hydrogens (tertiary/aromatic N) is 6. The van der Waals surface area contributed by atoms with Gasteiger partial charge in [0.1, 0.15) is 0 Å². The molecule has 0 unspecified atom stereocenters. The molecule has 2 heterocycles. The molecule has 0 aromatic heterocycles. The van der Waals surface area contributed by atoms with Gasteiger partial charge < -0.3 is 19.6 Å². The highest BCUT2D eigenvalue weighted by Gasteiger charge is 2.57. The number of aliphatic imine (C=N–C) groups is 2. The van der Waals surface area contributed by atoms with Crippen LogP contribution in [0.4, 0.5) is 0 Å². The van der Waals surface area contributed by atoms with Crippen molar-refractivity contribution in [3.63, 3.8) is 0 Å². The second kappa shape index (κ2) is 7.64. The van der Waals surface area contributed by atoms with Crippen molar-refractivity contribution < 1.29 is 0 Å². The highest BCUT2D eigenvalue weighted by atomic mass is 15.4. The van der Waals surface area contributed by atoms with Crippen molar-refractivity contribution in [1.29, 1.82) is 0 Å². The number of hydrogen-bond acceptors (Lipinski definition) is 2. The SMILES string of the molecule is CN1CCN(C)C1=N[C@]12CCC[C@@H]1C[C@@H]1CCC[C@@]1(N=C1N(C)CCN1C)c1ccccc12. The van der Waals surface area contributed by atoms with E-state index in [1.165, 1.54) is 68.0 Å². The van der Waals surface area contributed by atoms with Crippen LogP contribution in [0.3, 0.4) is 0 Å². The van der Waals surface area contributed by atoms with Gasteiger partial charge in [0.15, 0.2) is 11.9 Å². The molecule has 178 valence electrons. The first-order valence-electron chi connectivity index (χ1n) is 13.1. The lowest BCUT2D eigenvalue weighted by Crippen LogP contribution is -2.37. The van der Waals surface area contributed by atoms with E-state index in [-0.39, 0.29) is 11.1 Å². The van der Waals surface area contributed by atoms with Crippen molar-refractivity contribution in [2.45, 2.75) is 56.0 Å². The number of rotatable bonds is 2. The minimum atomic E-state index is -0.107. The normalized spacial score (nSPS) is 35.6. The summed E-state index contributed by atoms with van der Waals surface area (Å²) >= 11 is 0. The molecule has 3 aliphatic carbocycles. The van der Waals surface area contributed by atoms with Gasteiger partial charge in [0.2, 0.25) is 0 Å². The Morgan fingerprint density at radius 3 is 1.45 bits per heavy atom. The maximum atomic E-state index is 5.71. The van der Waals surface area contributed by atoms with E-state index in [9.17, 15) is 0 Å². The number of hydrogen-bond donors (Lipinski definition) is 0. The fourth-order valence-electron chi connectivity index (χ4n) is 7.73. The van der Waals surface area contributed by atoms with Crippen molar-refractivity contribution in [3.8, 4) is 0 Å². The summed E-state index contributed by atoms with van der Waals surface area (Å²) in [6, 6.07) is 9.33. The fourth-order valence-corrected chi connectivity index (χ4v) is 7.73. The van der Waals surface area contributed by atoms with E-state index in [0.717, 1.165) is 26.2 Å². The van der Waals surface area contributed by atoms with E-state index in [2.05, 4.69) is 72.1 Å². The maximum Gasteiger partial charge on any atom is 0.197 e. The van der Waals surface area contributed by atoms with Gasteiger partial charge in [-0.2, -0.15) is 0 Å². The van der Waals surface area contributed by atoms with Gasteiger partial charge in [-0.1, -0.05) is 37.1 Å². The summed E-state index contributed by atoms with van der Waals surface area (Å²) in [6.07, 6.45) is 8.73. The lowest BCUT2D eigenvalue weighted by atomic mass is 9.77. The molecule has 5 aliphatic rings. The Kier molecular flexibility index (Phi) is 4.93. The van der Waals surface area contributed by atoms with E-state index >= 15 is 0 Å². The molecule has 2 saturated heterocycles. The predicted molar refractivity (Wildman–Crippen MR) is 134 cm³/mol. The average molecular weight is 449 g/mol. The predicted octanol–water partition coefficient (Wildman–Crippen LogP) is 3.55. The zero-order valence-corrected chi connectivity index (χ0v) is 20.9. The van der Waals surface area contributed by atoms with Gasteiger partial charge >= 0.3 is 0 Å². The van der Waals surface area contributed by atoms with Crippen LogP contribution in [0.1, 0.15) is 56.1 Å². The van der Waals surface area contributed by atoms with Crippen LogP contribution in [0.25, 0.3) is 0 Å². The molecule has 2 saturated carbocycles. The third-order valence-corrected chi connectivity index (χ3v) is 9.51. The van der Waals surface area contributed by atoms with Crippen molar-refractivity contribution in [2.24, 2.45) is 21.8 Å². The van der Waals surface area contributed by atoms with Crippen LogP contribution in [0, 0.1) is 11.8 Å². The van der Waals surface area contributed by atoms with Crippen molar-refractivity contribution in [2.75, 3.05) is 54.4 Å².